The number of hydrogen-bond acceptors (Lipinski definition) is 3. The van der Waals surface area contributed by atoms with Crippen molar-refractivity contribution in [2.24, 2.45) is 0 Å². The Bertz CT molecular complexity index is 353. The van der Waals surface area contributed by atoms with Crippen LogP contribution in [-0.4, -0.2) is 16.3 Å². The summed E-state index contributed by atoms with van der Waals surface area (Å²) in [5.74, 6) is -1.29. The second-order valence-corrected chi connectivity index (χ2v) is 2.92. The molecule has 0 saturated heterocycles. The van der Waals surface area contributed by atoms with Crippen LogP contribution in [0.25, 0.3) is 0 Å². The molecule has 76 valence electrons. The number of nitrogens with zero attached hydrogens (tertiary/aromatic N) is 2. The SMILES string of the molecule is O=Cc1cc(CBr)nc(C(F)(F)F)n1. The maximum Gasteiger partial charge on any atom is 0.451 e. The smallest absolute Gasteiger partial charge is 0.296 e. The Balaban J connectivity index is 3.24. The fourth-order valence-electron chi connectivity index (χ4n) is 0.774. The van der Waals surface area contributed by atoms with Gasteiger partial charge in [0, 0.05) is 5.33 Å². The van der Waals surface area contributed by atoms with Crippen LogP contribution in [-0.2, 0) is 11.5 Å². The van der Waals surface area contributed by atoms with Crippen LogP contribution in [0.15, 0.2) is 6.07 Å². The topological polar surface area (TPSA) is 42.9 Å². The fourth-order valence-corrected chi connectivity index (χ4v) is 1.06. The number of alkyl halides is 4. The fraction of sp³-hybridized carbons (Fsp3) is 0.286. The van der Waals surface area contributed by atoms with E-state index in [1.54, 1.807) is 0 Å². The summed E-state index contributed by atoms with van der Waals surface area (Å²) >= 11 is 2.95. The van der Waals surface area contributed by atoms with Gasteiger partial charge in [-0.3, -0.25) is 4.79 Å². The third-order valence-corrected chi connectivity index (χ3v) is 1.88. The highest BCUT2D eigenvalue weighted by Gasteiger charge is 2.35. The van der Waals surface area contributed by atoms with Crippen molar-refractivity contribution in [1.29, 1.82) is 0 Å². The van der Waals surface area contributed by atoms with Crippen LogP contribution in [0.3, 0.4) is 0 Å². The molecule has 14 heavy (non-hydrogen) atoms. The van der Waals surface area contributed by atoms with E-state index >= 15 is 0 Å². The second-order valence-electron chi connectivity index (χ2n) is 2.36. The Kier molecular flexibility index (Phi) is 3.20. The van der Waals surface area contributed by atoms with Crippen LogP contribution in [0.1, 0.15) is 22.0 Å². The Hall–Kier alpha value is -0.980. The summed E-state index contributed by atoms with van der Waals surface area (Å²) in [6.45, 7) is 0. The van der Waals surface area contributed by atoms with E-state index < -0.39 is 12.0 Å². The molecule has 1 heterocycles. The van der Waals surface area contributed by atoms with Crippen LogP contribution in [0.5, 0.6) is 0 Å². The van der Waals surface area contributed by atoms with Gasteiger partial charge in [0.05, 0.1) is 5.69 Å². The highest BCUT2D eigenvalue weighted by atomic mass is 79.9. The van der Waals surface area contributed by atoms with Crippen molar-refractivity contribution in [2.45, 2.75) is 11.5 Å². The quantitative estimate of drug-likeness (QED) is 0.610. The Morgan fingerprint density at radius 3 is 2.50 bits per heavy atom. The molecular weight excluding hydrogens is 265 g/mol. The van der Waals surface area contributed by atoms with Gasteiger partial charge in [0.25, 0.3) is 0 Å². The van der Waals surface area contributed by atoms with Crippen LogP contribution in [0, 0.1) is 0 Å². The third-order valence-electron chi connectivity index (χ3n) is 1.31. The zero-order valence-electron chi connectivity index (χ0n) is 6.68. The van der Waals surface area contributed by atoms with Crippen molar-refractivity contribution in [2.75, 3.05) is 0 Å². The molecule has 0 aliphatic rings. The highest BCUT2D eigenvalue weighted by Crippen LogP contribution is 2.26. The number of carbonyl (C=O) groups excluding carboxylic acids is 1. The van der Waals surface area contributed by atoms with Crippen molar-refractivity contribution >= 4 is 22.2 Å². The standard InChI is InChI=1S/C7H4BrF3N2O/c8-2-4-1-5(3-14)13-6(12-4)7(9,10)11/h1,3H,2H2. The Labute approximate surface area is 85.5 Å². The lowest BCUT2D eigenvalue weighted by Crippen LogP contribution is -2.13. The molecule has 0 bridgehead atoms. The Morgan fingerprint density at radius 2 is 2.07 bits per heavy atom. The number of aromatic nitrogens is 2. The highest BCUT2D eigenvalue weighted by molar-refractivity contribution is 9.08. The summed E-state index contributed by atoms with van der Waals surface area (Å²) < 4.78 is 36.5. The molecule has 1 aromatic rings. The molecule has 3 nitrogen and oxygen atoms in total. The van der Waals surface area contributed by atoms with Crippen molar-refractivity contribution < 1.29 is 18.0 Å². The lowest BCUT2D eigenvalue weighted by Gasteiger charge is -2.06. The summed E-state index contributed by atoms with van der Waals surface area (Å²) in [4.78, 5) is 16.6. The molecule has 0 radical (unpaired) electrons. The largest absolute Gasteiger partial charge is 0.451 e. The molecule has 0 aliphatic heterocycles. The van der Waals surface area contributed by atoms with Gasteiger partial charge in [-0.2, -0.15) is 13.2 Å². The van der Waals surface area contributed by atoms with E-state index in [0.29, 0.717) is 0 Å². The number of rotatable bonds is 2. The lowest BCUT2D eigenvalue weighted by molar-refractivity contribution is -0.145. The molecule has 7 heteroatoms. The predicted octanol–water partition coefficient (Wildman–Crippen LogP) is 2.20. The van der Waals surface area contributed by atoms with Crippen LogP contribution in [0.4, 0.5) is 13.2 Å². The molecular formula is C7H4BrF3N2O. The van der Waals surface area contributed by atoms with Crippen LogP contribution >= 0.6 is 15.9 Å². The van der Waals surface area contributed by atoms with Gasteiger partial charge in [0.15, 0.2) is 6.29 Å². The average molecular weight is 269 g/mol. The first-order valence-corrected chi connectivity index (χ1v) is 4.56. The van der Waals surface area contributed by atoms with Gasteiger partial charge in [0.1, 0.15) is 5.69 Å². The number of halogens is 4. The summed E-state index contributed by atoms with van der Waals surface area (Å²) in [5, 5.41) is 0.138. The molecule has 0 unspecified atom stereocenters. The molecule has 1 aromatic heterocycles. The normalized spacial score (nSPS) is 11.4. The van der Waals surface area contributed by atoms with Crippen molar-refractivity contribution in [3.63, 3.8) is 0 Å². The average Bonchev–Trinajstić information content (AvgIpc) is 2.15. The number of carbonyl (C=O) groups is 1. The monoisotopic (exact) mass is 268 g/mol. The first kappa shape index (κ1) is 11.1. The third kappa shape index (κ3) is 2.50. The van der Waals surface area contributed by atoms with E-state index in [-0.39, 0.29) is 23.0 Å². The summed E-state index contributed by atoms with van der Waals surface area (Å²) in [5.41, 5.74) is -0.156. The lowest BCUT2D eigenvalue weighted by atomic mass is 10.3. The minimum absolute atomic E-state index is 0.120. The second kappa shape index (κ2) is 4.04. The zero-order chi connectivity index (χ0) is 10.8. The summed E-state index contributed by atoms with van der Waals surface area (Å²) in [6.07, 6.45) is -4.38. The van der Waals surface area contributed by atoms with E-state index in [4.69, 9.17) is 0 Å². The first-order valence-electron chi connectivity index (χ1n) is 3.43. The molecule has 0 atom stereocenters. The number of hydrogen-bond donors (Lipinski definition) is 0. The summed E-state index contributed by atoms with van der Waals surface area (Å²) in [6, 6.07) is 1.19. The molecule has 0 fully saturated rings. The van der Waals surface area contributed by atoms with Gasteiger partial charge in [-0.25, -0.2) is 9.97 Å². The van der Waals surface area contributed by atoms with Gasteiger partial charge in [-0.05, 0) is 6.07 Å². The van der Waals surface area contributed by atoms with Crippen LogP contribution in [0.2, 0.25) is 0 Å². The van der Waals surface area contributed by atoms with E-state index in [0.717, 1.165) is 0 Å². The molecule has 0 aromatic carbocycles. The number of aldehydes is 1. The molecule has 0 aliphatic carbocycles. The first-order chi connectivity index (χ1) is 6.47. The van der Waals surface area contributed by atoms with Gasteiger partial charge < -0.3 is 0 Å². The maximum absolute atomic E-state index is 12.2. The molecule has 0 amide bonds. The van der Waals surface area contributed by atoms with Crippen molar-refractivity contribution in [3.8, 4) is 0 Å². The van der Waals surface area contributed by atoms with Crippen LogP contribution < -0.4 is 0 Å². The van der Waals surface area contributed by atoms with Gasteiger partial charge in [-0.1, -0.05) is 15.9 Å². The van der Waals surface area contributed by atoms with E-state index in [9.17, 15) is 18.0 Å². The molecule has 0 saturated carbocycles. The molecule has 0 N–H and O–H groups in total. The van der Waals surface area contributed by atoms with Gasteiger partial charge in [-0.15, -0.1) is 0 Å². The Morgan fingerprint density at radius 1 is 1.43 bits per heavy atom. The minimum Gasteiger partial charge on any atom is -0.296 e. The van der Waals surface area contributed by atoms with E-state index in [1.807, 2.05) is 0 Å². The molecule has 1 rings (SSSR count). The minimum atomic E-state index is -4.63. The van der Waals surface area contributed by atoms with Gasteiger partial charge in [0.2, 0.25) is 5.82 Å². The van der Waals surface area contributed by atoms with Crippen molar-refractivity contribution in [3.05, 3.63) is 23.3 Å². The van der Waals surface area contributed by atoms with E-state index in [1.165, 1.54) is 6.07 Å². The zero-order valence-corrected chi connectivity index (χ0v) is 8.26. The maximum atomic E-state index is 12.2. The molecule has 0 spiro atoms. The van der Waals surface area contributed by atoms with E-state index in [2.05, 4.69) is 25.9 Å². The predicted molar refractivity (Wildman–Crippen MR) is 45.1 cm³/mol. The summed E-state index contributed by atoms with van der Waals surface area (Å²) in [7, 11) is 0. The van der Waals surface area contributed by atoms with Crippen molar-refractivity contribution in [1.82, 2.24) is 9.97 Å². The van der Waals surface area contributed by atoms with Gasteiger partial charge >= 0.3 is 6.18 Å².